The number of hydrogen-bond acceptors (Lipinski definition) is 6. The van der Waals surface area contributed by atoms with E-state index in [-0.39, 0.29) is 0 Å². The van der Waals surface area contributed by atoms with E-state index in [0.717, 1.165) is 11.3 Å². The first-order valence-corrected chi connectivity index (χ1v) is 7.32. The Bertz CT molecular complexity index is 392. The van der Waals surface area contributed by atoms with Gasteiger partial charge in [-0.05, 0) is 31.5 Å². The molecule has 114 valence electrons. The molecular weight excluding hydrogens is 281 g/mol. The van der Waals surface area contributed by atoms with E-state index >= 15 is 0 Å². The topological polar surface area (TPSA) is 80.0 Å². The summed E-state index contributed by atoms with van der Waals surface area (Å²) in [7, 11) is 1.43. The lowest BCUT2D eigenvalue weighted by Crippen LogP contribution is -1.93. The number of rotatable bonds is 7. The highest BCUT2D eigenvalue weighted by Crippen LogP contribution is 2.22. The third-order valence-electron chi connectivity index (χ3n) is 2.00. The molecule has 0 bridgehead atoms. The van der Waals surface area contributed by atoms with E-state index in [0.29, 0.717) is 25.5 Å². The average molecular weight is 304 g/mol. The molecule has 0 radical (unpaired) electrons. The van der Waals surface area contributed by atoms with Crippen molar-refractivity contribution >= 4 is 13.9 Å². The molecule has 0 saturated carbocycles. The molecule has 0 saturated heterocycles. The first-order chi connectivity index (χ1) is 9.57. The van der Waals surface area contributed by atoms with E-state index in [2.05, 4.69) is 9.05 Å². The predicted molar refractivity (Wildman–Crippen MR) is 79.0 cm³/mol. The summed E-state index contributed by atoms with van der Waals surface area (Å²) in [6.07, 6.45) is 0. The number of ether oxygens (including phenoxy) is 2. The van der Waals surface area contributed by atoms with Crippen molar-refractivity contribution in [2.45, 2.75) is 20.5 Å². The van der Waals surface area contributed by atoms with Crippen LogP contribution in [0.5, 0.6) is 5.75 Å². The maximum atomic E-state index is 10.3. The Labute approximate surface area is 121 Å². The average Bonchev–Trinajstić information content (AvgIpc) is 2.39. The summed E-state index contributed by atoms with van der Waals surface area (Å²) in [5.74, 6) is 0.766. The van der Waals surface area contributed by atoms with Gasteiger partial charge in [0, 0.05) is 23.4 Å². The molecule has 0 fully saturated rings. The fourth-order valence-electron chi connectivity index (χ4n) is 1.30. The normalized spacial score (nSPS) is 9.60. The van der Waals surface area contributed by atoms with Crippen molar-refractivity contribution in [2.75, 3.05) is 33.2 Å². The predicted octanol–water partition coefficient (Wildman–Crippen LogP) is 3.14. The molecule has 6 nitrogen and oxygen atoms in total. The Balaban J connectivity index is 0.000000396. The molecule has 0 atom stereocenters. The smallest absolute Gasteiger partial charge is 0.497 e. The lowest BCUT2D eigenvalue weighted by Gasteiger charge is -2.05. The molecule has 7 heteroatoms. The van der Waals surface area contributed by atoms with Gasteiger partial charge in [0.25, 0.3) is 0 Å². The summed E-state index contributed by atoms with van der Waals surface area (Å²) in [4.78, 5) is 0. The first kappa shape index (κ1) is 18.8. The summed E-state index contributed by atoms with van der Waals surface area (Å²) < 4.78 is 29.5. The summed E-state index contributed by atoms with van der Waals surface area (Å²) in [6.45, 7) is 4.98. The minimum Gasteiger partial charge on any atom is -0.497 e. The maximum Gasteiger partial charge on any atom is 0.697 e. The molecule has 0 unspecified atom stereocenters. The first-order valence-electron chi connectivity index (χ1n) is 6.22. The van der Waals surface area contributed by atoms with Crippen molar-refractivity contribution in [3.63, 3.8) is 0 Å². The minimum atomic E-state index is -1.83. The summed E-state index contributed by atoms with van der Waals surface area (Å²) in [6, 6.07) is 5.55. The third kappa shape index (κ3) is 8.82. The fourth-order valence-corrected chi connectivity index (χ4v) is 1.80. The van der Waals surface area contributed by atoms with Gasteiger partial charge in [-0.1, -0.05) is 0 Å². The van der Waals surface area contributed by atoms with Crippen molar-refractivity contribution < 1.29 is 23.1 Å². The Morgan fingerprint density at radius 2 is 1.70 bits per heavy atom. The summed E-state index contributed by atoms with van der Waals surface area (Å²) in [5, 5.41) is 0. The summed E-state index contributed by atoms with van der Waals surface area (Å²) in [5.41, 5.74) is 7.35. The van der Waals surface area contributed by atoms with Gasteiger partial charge < -0.3 is 15.2 Å². The SMILES string of the molecule is CCO[P+](=O)OCC.COCc1cc(N)cc(OC)c1. The van der Waals surface area contributed by atoms with Crippen LogP contribution in [0.4, 0.5) is 5.69 Å². The van der Waals surface area contributed by atoms with Crippen molar-refractivity contribution in [3.8, 4) is 5.75 Å². The molecule has 0 heterocycles. The van der Waals surface area contributed by atoms with Crippen molar-refractivity contribution in [1.82, 2.24) is 0 Å². The maximum absolute atomic E-state index is 10.3. The third-order valence-corrected chi connectivity index (χ3v) is 2.94. The molecular formula is C13H23NO5P+. The van der Waals surface area contributed by atoms with E-state index in [9.17, 15) is 4.57 Å². The molecule has 1 aromatic carbocycles. The molecule has 0 spiro atoms. The highest BCUT2D eigenvalue weighted by molar-refractivity contribution is 7.33. The van der Waals surface area contributed by atoms with Crippen LogP contribution in [0.3, 0.4) is 0 Å². The zero-order chi connectivity index (χ0) is 15.4. The van der Waals surface area contributed by atoms with E-state index in [1.165, 1.54) is 0 Å². The van der Waals surface area contributed by atoms with Crippen molar-refractivity contribution in [2.24, 2.45) is 0 Å². The van der Waals surface area contributed by atoms with Gasteiger partial charge >= 0.3 is 8.25 Å². The van der Waals surface area contributed by atoms with Gasteiger partial charge in [-0.25, -0.2) is 0 Å². The molecule has 1 rings (SSSR count). The van der Waals surface area contributed by atoms with Crippen LogP contribution < -0.4 is 10.5 Å². The monoisotopic (exact) mass is 304 g/mol. The second-order valence-electron chi connectivity index (χ2n) is 3.61. The molecule has 0 amide bonds. The highest BCUT2D eigenvalue weighted by atomic mass is 31.1. The van der Waals surface area contributed by atoms with E-state index < -0.39 is 8.25 Å². The Morgan fingerprint density at radius 3 is 2.15 bits per heavy atom. The molecule has 0 aliphatic heterocycles. The Hall–Kier alpha value is -1.20. The van der Waals surface area contributed by atoms with Crippen LogP contribution in [0.25, 0.3) is 0 Å². The van der Waals surface area contributed by atoms with Gasteiger partial charge in [0.2, 0.25) is 0 Å². The van der Waals surface area contributed by atoms with Crippen LogP contribution in [0.15, 0.2) is 18.2 Å². The molecule has 0 aliphatic rings. The Kier molecular flexibility index (Phi) is 10.9. The number of hydrogen-bond donors (Lipinski definition) is 1. The van der Waals surface area contributed by atoms with E-state index in [1.807, 2.05) is 12.1 Å². The Morgan fingerprint density at radius 1 is 1.10 bits per heavy atom. The molecule has 0 aliphatic carbocycles. The molecule has 2 N–H and O–H groups in total. The van der Waals surface area contributed by atoms with Crippen molar-refractivity contribution in [3.05, 3.63) is 23.8 Å². The molecule has 0 aromatic heterocycles. The van der Waals surface area contributed by atoms with Gasteiger partial charge in [-0.15, -0.1) is 9.05 Å². The van der Waals surface area contributed by atoms with Gasteiger partial charge in [-0.2, -0.15) is 0 Å². The van der Waals surface area contributed by atoms with Crippen molar-refractivity contribution in [1.29, 1.82) is 0 Å². The van der Waals surface area contributed by atoms with Gasteiger partial charge in [0.15, 0.2) is 0 Å². The zero-order valence-electron chi connectivity index (χ0n) is 12.4. The number of anilines is 1. The van der Waals surface area contributed by atoms with Crippen LogP contribution in [0, 0.1) is 0 Å². The van der Waals surface area contributed by atoms with Crippen LogP contribution in [0.2, 0.25) is 0 Å². The highest BCUT2D eigenvalue weighted by Gasteiger charge is 2.15. The van der Waals surface area contributed by atoms with Gasteiger partial charge in [-0.3, -0.25) is 0 Å². The van der Waals surface area contributed by atoms with Crippen LogP contribution in [-0.4, -0.2) is 27.4 Å². The van der Waals surface area contributed by atoms with Gasteiger partial charge in [0.05, 0.1) is 13.7 Å². The standard InChI is InChI=1S/C9H13NO2.C4H10O3P/c1-11-6-7-3-8(10)5-9(4-7)12-2;1-3-6-8(5)7-4-2/h3-5H,6,10H2,1-2H3;3-4H2,1-2H3/q;+1. The number of methoxy groups -OCH3 is 2. The number of nitrogen functional groups attached to an aromatic ring is 1. The van der Waals surface area contributed by atoms with Crippen LogP contribution in [0.1, 0.15) is 19.4 Å². The van der Waals surface area contributed by atoms with E-state index in [4.69, 9.17) is 15.2 Å². The van der Waals surface area contributed by atoms with Crippen LogP contribution >= 0.6 is 8.25 Å². The molecule has 20 heavy (non-hydrogen) atoms. The second kappa shape index (κ2) is 11.6. The minimum absolute atomic E-state index is 0.440. The quantitative estimate of drug-likeness (QED) is 0.615. The summed E-state index contributed by atoms with van der Waals surface area (Å²) >= 11 is 0. The van der Waals surface area contributed by atoms with Gasteiger partial charge in [0.1, 0.15) is 19.0 Å². The fraction of sp³-hybridized carbons (Fsp3) is 0.538. The number of nitrogens with two attached hydrogens (primary N) is 1. The lowest BCUT2D eigenvalue weighted by molar-refractivity contribution is 0.184. The second-order valence-corrected chi connectivity index (χ2v) is 4.57. The lowest BCUT2D eigenvalue weighted by atomic mass is 10.2. The number of benzene rings is 1. The van der Waals surface area contributed by atoms with Crippen LogP contribution in [-0.2, 0) is 25.0 Å². The molecule has 1 aromatic rings. The largest absolute Gasteiger partial charge is 0.697 e. The van der Waals surface area contributed by atoms with E-state index in [1.54, 1.807) is 34.1 Å². The zero-order valence-corrected chi connectivity index (χ0v) is 13.3.